The first-order valence-electron chi connectivity index (χ1n) is 10.2. The van der Waals surface area contributed by atoms with E-state index < -0.39 is 15.6 Å². The molecular weight excluding hydrogens is 456 g/mol. The predicted octanol–water partition coefficient (Wildman–Crippen LogP) is 3.20. The third-order valence-electron chi connectivity index (χ3n) is 6.08. The largest absolute Gasteiger partial charge is 0.506 e. The number of carbonyl (C=O) groups excluding carboxylic acids is 2. The second-order valence-electron chi connectivity index (χ2n) is 8.37. The smallest absolute Gasteiger partial charge is 0.212 e. The molecule has 1 N–H and O–H groups in total. The summed E-state index contributed by atoms with van der Waals surface area (Å²) in [6.45, 7) is 1.57. The normalized spacial score (nSPS) is 20.7. The van der Waals surface area contributed by atoms with Gasteiger partial charge in [-0.3, -0.25) is 9.59 Å². The van der Waals surface area contributed by atoms with Crippen molar-refractivity contribution in [1.82, 2.24) is 9.78 Å². The Morgan fingerprint density at radius 3 is 2.41 bits per heavy atom. The Balaban J connectivity index is 1.80. The maximum absolute atomic E-state index is 12.8. The summed E-state index contributed by atoms with van der Waals surface area (Å²) in [4.78, 5) is 25.5. The van der Waals surface area contributed by atoms with Gasteiger partial charge in [-0.2, -0.15) is 5.10 Å². The lowest BCUT2D eigenvalue weighted by Crippen LogP contribution is -2.30. The number of aliphatic hydroxyl groups is 1. The molecule has 0 aliphatic heterocycles. The fraction of sp³-hybridized carbons (Fsp3) is 0.409. The van der Waals surface area contributed by atoms with Gasteiger partial charge in [0.05, 0.1) is 15.6 Å². The Labute approximate surface area is 190 Å². The van der Waals surface area contributed by atoms with E-state index in [0.29, 0.717) is 25.1 Å². The third-order valence-corrected chi connectivity index (χ3v) is 7.70. The SMILES string of the molecule is Cc1cc(OCc2c(S(C)(=O)=O)ccc(C(O)=C3C(=O)C4CCC(C4)C3=O)c2Cl)n(C)n1. The molecule has 0 spiro atoms. The molecular formula is C22H23ClN2O6S. The highest BCUT2D eigenvalue weighted by molar-refractivity contribution is 7.90. The second kappa shape index (κ2) is 8.04. The third kappa shape index (κ3) is 3.84. The molecule has 8 nitrogen and oxygen atoms in total. The van der Waals surface area contributed by atoms with Gasteiger partial charge in [0.2, 0.25) is 5.88 Å². The molecule has 0 saturated heterocycles. The molecule has 2 atom stereocenters. The van der Waals surface area contributed by atoms with Gasteiger partial charge in [-0.05, 0) is 38.3 Å². The average Bonchev–Trinajstić information content (AvgIpc) is 3.29. The summed E-state index contributed by atoms with van der Waals surface area (Å²) in [5, 5.41) is 15.0. The number of nitrogens with zero attached hydrogens (tertiary/aromatic N) is 2. The molecule has 2 unspecified atom stereocenters. The number of aryl methyl sites for hydroxylation is 2. The summed E-state index contributed by atoms with van der Waals surface area (Å²) in [5.74, 6) is -1.43. The van der Waals surface area contributed by atoms with Crippen LogP contribution in [0, 0.1) is 18.8 Å². The fourth-order valence-corrected chi connectivity index (χ4v) is 5.78. The molecule has 2 bridgehead atoms. The number of ether oxygens (including phenoxy) is 1. The van der Waals surface area contributed by atoms with E-state index >= 15 is 0 Å². The topological polar surface area (TPSA) is 116 Å². The number of halogens is 1. The summed E-state index contributed by atoms with van der Waals surface area (Å²) < 4.78 is 32.0. The zero-order valence-electron chi connectivity index (χ0n) is 17.9. The fourth-order valence-electron chi connectivity index (χ4n) is 4.49. The molecule has 0 amide bonds. The number of Topliss-reactive ketones (excluding diaryl/α,β-unsaturated/α-hetero) is 2. The van der Waals surface area contributed by atoms with Crippen LogP contribution in [0.5, 0.6) is 5.88 Å². The van der Waals surface area contributed by atoms with Gasteiger partial charge in [-0.25, -0.2) is 13.1 Å². The van der Waals surface area contributed by atoms with Crippen LogP contribution < -0.4 is 4.74 Å². The van der Waals surface area contributed by atoms with E-state index in [-0.39, 0.29) is 56.6 Å². The molecule has 1 aromatic carbocycles. The van der Waals surface area contributed by atoms with Crippen molar-refractivity contribution in [3.63, 3.8) is 0 Å². The number of benzene rings is 1. The summed E-state index contributed by atoms with van der Waals surface area (Å²) in [7, 11) is -2.00. The summed E-state index contributed by atoms with van der Waals surface area (Å²) >= 11 is 6.55. The Kier molecular flexibility index (Phi) is 5.67. The first-order chi connectivity index (χ1) is 15.0. The van der Waals surface area contributed by atoms with Crippen molar-refractivity contribution in [2.75, 3.05) is 6.26 Å². The highest BCUT2D eigenvalue weighted by Crippen LogP contribution is 2.43. The zero-order chi connectivity index (χ0) is 23.4. The average molecular weight is 479 g/mol. The lowest BCUT2D eigenvalue weighted by atomic mass is 9.81. The Morgan fingerprint density at radius 2 is 1.88 bits per heavy atom. The van der Waals surface area contributed by atoms with Gasteiger partial charge < -0.3 is 9.84 Å². The van der Waals surface area contributed by atoms with E-state index in [1.54, 1.807) is 20.0 Å². The molecule has 170 valence electrons. The highest BCUT2D eigenvalue weighted by Gasteiger charge is 2.45. The number of aliphatic hydroxyl groups excluding tert-OH is 1. The number of allylic oxidation sites excluding steroid dienone is 1. The molecule has 0 radical (unpaired) electrons. The van der Waals surface area contributed by atoms with Crippen LogP contribution in [0.2, 0.25) is 5.02 Å². The van der Waals surface area contributed by atoms with Crippen molar-refractivity contribution in [1.29, 1.82) is 0 Å². The quantitative estimate of drug-likeness (QED) is 0.398. The van der Waals surface area contributed by atoms with E-state index in [4.69, 9.17) is 16.3 Å². The number of rotatable bonds is 5. The van der Waals surface area contributed by atoms with Crippen molar-refractivity contribution in [2.45, 2.75) is 37.7 Å². The van der Waals surface area contributed by atoms with Crippen LogP contribution in [0.1, 0.15) is 36.1 Å². The molecule has 4 rings (SSSR count). The van der Waals surface area contributed by atoms with Gasteiger partial charge in [-0.15, -0.1) is 0 Å². The minimum Gasteiger partial charge on any atom is -0.506 e. The van der Waals surface area contributed by atoms with Crippen LogP contribution in [0.25, 0.3) is 5.76 Å². The van der Waals surface area contributed by atoms with Crippen molar-refractivity contribution in [2.24, 2.45) is 18.9 Å². The van der Waals surface area contributed by atoms with E-state index in [1.165, 1.54) is 16.8 Å². The van der Waals surface area contributed by atoms with Gasteiger partial charge in [-0.1, -0.05) is 11.6 Å². The summed E-state index contributed by atoms with van der Waals surface area (Å²) in [6.07, 6.45) is 2.80. The van der Waals surface area contributed by atoms with Crippen LogP contribution in [0.3, 0.4) is 0 Å². The zero-order valence-corrected chi connectivity index (χ0v) is 19.5. The van der Waals surface area contributed by atoms with Crippen molar-refractivity contribution in [3.05, 3.63) is 45.6 Å². The number of ketones is 2. The number of hydrogen-bond donors (Lipinski definition) is 1. The predicted molar refractivity (Wildman–Crippen MR) is 117 cm³/mol. The number of carbonyl (C=O) groups is 2. The van der Waals surface area contributed by atoms with Crippen LogP contribution >= 0.6 is 11.6 Å². The van der Waals surface area contributed by atoms with Gasteiger partial charge >= 0.3 is 0 Å². The first-order valence-corrected chi connectivity index (χ1v) is 12.4. The number of hydrogen-bond acceptors (Lipinski definition) is 7. The van der Waals surface area contributed by atoms with E-state index in [1.807, 2.05) is 0 Å². The summed E-state index contributed by atoms with van der Waals surface area (Å²) in [6, 6.07) is 4.30. The van der Waals surface area contributed by atoms with Crippen molar-refractivity contribution >= 4 is 38.8 Å². The molecule has 2 aliphatic rings. The molecule has 10 heteroatoms. The number of fused-ring (bicyclic) bond motifs is 2. The lowest BCUT2D eigenvalue weighted by Gasteiger charge is -2.21. The van der Waals surface area contributed by atoms with Crippen LogP contribution in [-0.4, -0.2) is 41.1 Å². The van der Waals surface area contributed by atoms with Crippen molar-refractivity contribution in [3.8, 4) is 5.88 Å². The van der Waals surface area contributed by atoms with E-state index in [9.17, 15) is 23.1 Å². The molecule has 1 aromatic heterocycles. The monoisotopic (exact) mass is 478 g/mol. The van der Waals surface area contributed by atoms with Gasteiger partial charge in [0, 0.05) is 42.3 Å². The number of sulfone groups is 1. The van der Waals surface area contributed by atoms with Gasteiger partial charge in [0.1, 0.15) is 17.9 Å². The van der Waals surface area contributed by atoms with Crippen LogP contribution in [0.4, 0.5) is 0 Å². The van der Waals surface area contributed by atoms with Crippen LogP contribution in [0.15, 0.2) is 28.7 Å². The van der Waals surface area contributed by atoms with Gasteiger partial charge in [0.25, 0.3) is 0 Å². The minimum atomic E-state index is -3.68. The number of aromatic nitrogens is 2. The Morgan fingerprint density at radius 1 is 1.25 bits per heavy atom. The molecule has 1 heterocycles. The second-order valence-corrected chi connectivity index (χ2v) is 10.7. The Hall–Kier alpha value is -2.65. The van der Waals surface area contributed by atoms with E-state index in [0.717, 1.165) is 11.9 Å². The summed E-state index contributed by atoms with van der Waals surface area (Å²) in [5.41, 5.74) is 0.622. The lowest BCUT2D eigenvalue weighted by molar-refractivity contribution is -0.127. The van der Waals surface area contributed by atoms with Gasteiger partial charge in [0.15, 0.2) is 21.4 Å². The molecule has 2 fully saturated rings. The van der Waals surface area contributed by atoms with E-state index in [2.05, 4.69) is 5.10 Å². The first kappa shape index (κ1) is 22.5. The molecule has 2 saturated carbocycles. The molecule has 2 aromatic rings. The highest BCUT2D eigenvalue weighted by atomic mass is 35.5. The van der Waals surface area contributed by atoms with Crippen LogP contribution in [-0.2, 0) is 33.1 Å². The van der Waals surface area contributed by atoms with Crippen molar-refractivity contribution < 1.29 is 27.9 Å². The maximum Gasteiger partial charge on any atom is 0.212 e. The molecule has 2 aliphatic carbocycles. The Bertz CT molecular complexity index is 1250. The maximum atomic E-state index is 12.8. The standard InChI is InChI=1S/C22H23ClN2O6S/c1-11-8-17(25(2)24-11)31-10-15-16(32(3,29)30)7-6-14(19(15)23)22(28)18-20(26)12-4-5-13(9-12)21(18)27/h6-8,12-13,28H,4-5,9-10H2,1-3H3. The molecule has 32 heavy (non-hydrogen) atoms. The minimum absolute atomic E-state index is 0.0249.